The van der Waals surface area contributed by atoms with Crippen LogP contribution in [-0.4, -0.2) is 96.7 Å². The highest BCUT2D eigenvalue weighted by molar-refractivity contribution is 7.47. The number of hydrogen-bond acceptors (Lipinski definition) is 15. The van der Waals surface area contributed by atoms with Crippen LogP contribution < -0.4 is 0 Å². The number of hydrogen-bond donors (Lipinski definition) is 3. The van der Waals surface area contributed by atoms with Crippen LogP contribution >= 0.6 is 15.6 Å². The molecule has 17 nitrogen and oxygen atoms in total. The molecule has 0 saturated heterocycles. The van der Waals surface area contributed by atoms with E-state index in [1.807, 2.05) is 0 Å². The normalized spacial score (nSPS) is 13.9. The fraction of sp³-hybridized carbons (Fsp3) is 0.950. The third kappa shape index (κ3) is 74.1. The quantitative estimate of drug-likeness (QED) is 0.0222. The first-order chi connectivity index (χ1) is 48.0. The second-order valence-electron chi connectivity index (χ2n) is 29.3. The summed E-state index contributed by atoms with van der Waals surface area (Å²) < 4.78 is 68.6. The molecule has 0 rings (SSSR count). The lowest BCUT2D eigenvalue weighted by Gasteiger charge is -2.21. The molecular formula is C80H156O17P2. The lowest BCUT2D eigenvalue weighted by atomic mass is 10.0. The summed E-state index contributed by atoms with van der Waals surface area (Å²) in [5.41, 5.74) is 0. The minimum Gasteiger partial charge on any atom is -0.462 e. The van der Waals surface area contributed by atoms with Crippen molar-refractivity contribution in [2.24, 2.45) is 5.92 Å². The molecule has 0 fully saturated rings. The molecule has 0 saturated carbocycles. The van der Waals surface area contributed by atoms with Gasteiger partial charge in [-0.1, -0.05) is 375 Å². The van der Waals surface area contributed by atoms with Gasteiger partial charge in [0.05, 0.1) is 26.4 Å². The van der Waals surface area contributed by atoms with Gasteiger partial charge >= 0.3 is 39.5 Å². The maximum absolute atomic E-state index is 13.1. The van der Waals surface area contributed by atoms with E-state index in [2.05, 4.69) is 34.6 Å². The Morgan fingerprint density at radius 3 is 0.687 bits per heavy atom. The molecule has 0 aliphatic carbocycles. The van der Waals surface area contributed by atoms with Gasteiger partial charge in [0.2, 0.25) is 0 Å². The minimum absolute atomic E-state index is 0.107. The SMILES string of the molecule is CCCCCCCCCCCCCCCCCCCCCCCC(=O)O[C@H](COC(=O)CCCCCCCCCCCCCCCCCCC(C)C)COP(=O)(O)OC[C@@H](O)COP(=O)(O)OC[C@@H](COC(=O)CCCCCCCCCCC)OC(=O)CCCCCCCCCCCC. The van der Waals surface area contributed by atoms with Gasteiger partial charge in [-0.3, -0.25) is 37.3 Å². The lowest BCUT2D eigenvalue weighted by molar-refractivity contribution is -0.161. The maximum atomic E-state index is 13.1. The number of phosphoric ester groups is 2. The fourth-order valence-corrected chi connectivity index (χ4v) is 14.0. The van der Waals surface area contributed by atoms with Gasteiger partial charge in [-0.15, -0.1) is 0 Å². The van der Waals surface area contributed by atoms with Crippen molar-refractivity contribution in [2.45, 2.75) is 445 Å². The van der Waals surface area contributed by atoms with Crippen LogP contribution in [0, 0.1) is 5.92 Å². The molecule has 0 aliphatic heterocycles. The number of esters is 4. The molecule has 3 N–H and O–H groups in total. The number of phosphoric acid groups is 2. The van der Waals surface area contributed by atoms with E-state index in [9.17, 15) is 43.2 Å². The number of carbonyl (C=O) groups excluding carboxylic acids is 4. The number of ether oxygens (including phenoxy) is 4. The zero-order valence-electron chi connectivity index (χ0n) is 64.6. The summed E-state index contributed by atoms with van der Waals surface area (Å²) in [5, 5.41) is 10.6. The molecule has 0 aromatic carbocycles. The highest BCUT2D eigenvalue weighted by Gasteiger charge is 2.30. The van der Waals surface area contributed by atoms with Crippen LogP contribution in [0.5, 0.6) is 0 Å². The van der Waals surface area contributed by atoms with Crippen LogP contribution in [0.1, 0.15) is 426 Å². The van der Waals surface area contributed by atoms with Crippen molar-refractivity contribution < 1.29 is 80.2 Å². The molecule has 0 bridgehead atoms. The molecule has 19 heteroatoms. The van der Waals surface area contributed by atoms with Gasteiger partial charge in [0.1, 0.15) is 19.3 Å². The predicted octanol–water partition coefficient (Wildman–Crippen LogP) is 24.0. The Bertz CT molecular complexity index is 1890. The minimum atomic E-state index is -4.96. The average molecular weight is 1450 g/mol. The number of rotatable bonds is 80. The van der Waals surface area contributed by atoms with Crippen LogP contribution in [0.15, 0.2) is 0 Å². The first-order valence-corrected chi connectivity index (χ1v) is 44.6. The number of carbonyl (C=O) groups is 4. The molecule has 99 heavy (non-hydrogen) atoms. The van der Waals surface area contributed by atoms with E-state index in [4.69, 9.17) is 37.0 Å². The highest BCUT2D eigenvalue weighted by atomic mass is 31.2. The summed E-state index contributed by atoms with van der Waals surface area (Å²) in [4.78, 5) is 72.8. The van der Waals surface area contributed by atoms with E-state index in [0.29, 0.717) is 25.7 Å². The van der Waals surface area contributed by atoms with Crippen molar-refractivity contribution in [2.75, 3.05) is 39.6 Å². The largest absolute Gasteiger partial charge is 0.472 e. The molecule has 5 atom stereocenters. The van der Waals surface area contributed by atoms with Crippen LogP contribution in [-0.2, 0) is 65.4 Å². The van der Waals surface area contributed by atoms with Crippen molar-refractivity contribution in [3.8, 4) is 0 Å². The van der Waals surface area contributed by atoms with Crippen molar-refractivity contribution in [1.82, 2.24) is 0 Å². The zero-order chi connectivity index (χ0) is 72.7. The van der Waals surface area contributed by atoms with E-state index in [1.165, 1.54) is 250 Å². The maximum Gasteiger partial charge on any atom is 0.472 e. The Labute approximate surface area is 607 Å². The van der Waals surface area contributed by atoms with Crippen LogP contribution in [0.2, 0.25) is 0 Å². The van der Waals surface area contributed by atoms with Crippen LogP contribution in [0.4, 0.5) is 0 Å². The predicted molar refractivity (Wildman–Crippen MR) is 405 cm³/mol. The number of unbranched alkanes of at least 4 members (excludes halogenated alkanes) is 52. The molecular weight excluding hydrogens is 1290 g/mol. The summed E-state index contributed by atoms with van der Waals surface area (Å²) in [6.45, 7) is 7.32. The lowest BCUT2D eigenvalue weighted by Crippen LogP contribution is -2.30. The fourth-order valence-electron chi connectivity index (χ4n) is 12.4. The standard InChI is InChI=1S/C80H156O17P2/c1-6-9-12-15-18-21-23-24-25-26-27-28-29-30-35-38-41-46-51-56-61-66-80(85)97-76(70-91-78(83)64-59-54-49-45-40-37-34-32-31-33-36-39-43-47-52-57-62-73(4)5)72-95-99(88,89)93-68-74(81)67-92-98(86,87)94-71-75(69-90-77(82)63-58-53-48-42-20-17-14-11-8-3)96-79(84)65-60-55-50-44-22-19-16-13-10-7-2/h73-76,81H,6-72H2,1-5H3,(H,86,87)(H,88,89)/t74-,75+,76+/m0/s1. The summed E-state index contributed by atoms with van der Waals surface area (Å²) >= 11 is 0. The molecule has 2 unspecified atom stereocenters. The van der Waals surface area contributed by atoms with Crippen molar-refractivity contribution in [3.63, 3.8) is 0 Å². The van der Waals surface area contributed by atoms with Crippen molar-refractivity contribution >= 4 is 39.5 Å². The van der Waals surface area contributed by atoms with Gasteiger partial charge in [0.25, 0.3) is 0 Å². The van der Waals surface area contributed by atoms with Gasteiger partial charge in [0, 0.05) is 25.7 Å². The van der Waals surface area contributed by atoms with E-state index in [-0.39, 0.29) is 25.7 Å². The topological polar surface area (TPSA) is 237 Å². The molecule has 0 radical (unpaired) electrons. The third-order valence-corrected chi connectivity index (χ3v) is 20.7. The Hall–Kier alpha value is -1.94. The zero-order valence-corrected chi connectivity index (χ0v) is 66.4. The molecule has 0 aromatic heterocycles. The Morgan fingerprint density at radius 2 is 0.465 bits per heavy atom. The first-order valence-electron chi connectivity index (χ1n) is 41.6. The second kappa shape index (κ2) is 73.0. The van der Waals surface area contributed by atoms with Crippen molar-refractivity contribution in [3.05, 3.63) is 0 Å². The van der Waals surface area contributed by atoms with E-state index >= 15 is 0 Å². The van der Waals surface area contributed by atoms with Crippen LogP contribution in [0.3, 0.4) is 0 Å². The molecule has 588 valence electrons. The van der Waals surface area contributed by atoms with E-state index in [0.717, 1.165) is 95.8 Å². The van der Waals surface area contributed by atoms with Gasteiger partial charge in [0.15, 0.2) is 12.2 Å². The van der Waals surface area contributed by atoms with Crippen LogP contribution in [0.25, 0.3) is 0 Å². The smallest absolute Gasteiger partial charge is 0.462 e. The average Bonchev–Trinajstić information content (AvgIpc) is 1.32. The van der Waals surface area contributed by atoms with Gasteiger partial charge < -0.3 is 33.8 Å². The Balaban J connectivity index is 5.17. The molecule has 0 aliphatic rings. The third-order valence-electron chi connectivity index (χ3n) is 18.8. The summed E-state index contributed by atoms with van der Waals surface area (Å²) in [6.07, 6.45) is 64.0. The summed E-state index contributed by atoms with van der Waals surface area (Å²) in [7, 11) is -9.91. The van der Waals surface area contributed by atoms with Gasteiger partial charge in [-0.05, 0) is 31.6 Å². The van der Waals surface area contributed by atoms with Gasteiger partial charge in [-0.2, -0.15) is 0 Å². The molecule has 0 amide bonds. The molecule has 0 heterocycles. The molecule has 0 aromatic rings. The second-order valence-corrected chi connectivity index (χ2v) is 32.2. The highest BCUT2D eigenvalue weighted by Crippen LogP contribution is 2.45. The first kappa shape index (κ1) is 97.1. The Morgan fingerprint density at radius 1 is 0.273 bits per heavy atom. The van der Waals surface area contributed by atoms with E-state index < -0.39 is 97.5 Å². The summed E-state index contributed by atoms with van der Waals surface area (Å²) in [5.74, 6) is -1.30. The van der Waals surface area contributed by atoms with Gasteiger partial charge in [-0.25, -0.2) is 9.13 Å². The number of aliphatic hydroxyl groups excluding tert-OH is 1. The molecule has 0 spiro atoms. The Kier molecular flexibility index (Phi) is 71.6. The monoisotopic (exact) mass is 1450 g/mol. The summed E-state index contributed by atoms with van der Waals surface area (Å²) in [6, 6.07) is 0. The van der Waals surface area contributed by atoms with Crippen molar-refractivity contribution in [1.29, 1.82) is 0 Å². The van der Waals surface area contributed by atoms with E-state index in [1.54, 1.807) is 0 Å². The number of aliphatic hydroxyl groups is 1.